The number of methoxy groups -OCH3 is 1. The zero-order valence-electron chi connectivity index (χ0n) is 12.4. The highest BCUT2D eigenvalue weighted by atomic mass is 19.4. The fourth-order valence-electron chi connectivity index (χ4n) is 2.46. The van der Waals surface area contributed by atoms with Crippen molar-refractivity contribution in [1.82, 2.24) is 19.5 Å². The van der Waals surface area contributed by atoms with Crippen LogP contribution in [0.25, 0.3) is 5.65 Å². The standard InChI is InChI=1S/C13H14F3N5O2/c1-8-3-4-21-10(17-7-18-21)9(8)19-11(22)20-5-12(6-20,23-2)13(14,15)16/h3-4,7H,5-6H2,1-2H3,(H,19,22). The molecule has 0 radical (unpaired) electrons. The topological polar surface area (TPSA) is 71.8 Å². The third-order valence-electron chi connectivity index (χ3n) is 3.98. The molecule has 1 aliphatic heterocycles. The lowest BCUT2D eigenvalue weighted by atomic mass is 9.93. The van der Waals surface area contributed by atoms with E-state index < -0.39 is 30.9 Å². The lowest BCUT2D eigenvalue weighted by Gasteiger charge is -2.49. The molecule has 0 atom stereocenters. The zero-order chi connectivity index (χ0) is 16.8. The summed E-state index contributed by atoms with van der Waals surface area (Å²) in [5.41, 5.74) is -0.724. The Morgan fingerprint density at radius 3 is 2.74 bits per heavy atom. The van der Waals surface area contributed by atoms with Gasteiger partial charge in [-0.25, -0.2) is 14.3 Å². The number of aromatic nitrogens is 3. The molecule has 1 N–H and O–H groups in total. The fraction of sp³-hybridized carbons (Fsp3) is 0.462. The van der Waals surface area contributed by atoms with Crippen molar-refractivity contribution in [3.8, 4) is 0 Å². The number of alkyl halides is 3. The van der Waals surface area contributed by atoms with Crippen molar-refractivity contribution >= 4 is 17.4 Å². The number of aryl methyl sites for hydroxylation is 1. The molecular weight excluding hydrogens is 315 g/mol. The van der Waals surface area contributed by atoms with Crippen LogP contribution in [-0.4, -0.2) is 57.5 Å². The molecule has 0 spiro atoms. The van der Waals surface area contributed by atoms with Crippen molar-refractivity contribution in [2.45, 2.75) is 18.7 Å². The average Bonchev–Trinajstić information content (AvgIpc) is 2.88. The number of hydrogen-bond donors (Lipinski definition) is 1. The first kappa shape index (κ1) is 15.5. The SMILES string of the molecule is COC1(C(F)(F)F)CN(C(=O)Nc2c(C)ccn3ncnc23)C1. The molecule has 2 aromatic rings. The Hall–Kier alpha value is -2.36. The predicted octanol–water partition coefficient (Wildman–Crippen LogP) is 1.83. The molecule has 0 aromatic carbocycles. The van der Waals surface area contributed by atoms with Gasteiger partial charge in [-0.1, -0.05) is 0 Å². The van der Waals surface area contributed by atoms with Gasteiger partial charge in [-0.2, -0.15) is 18.3 Å². The monoisotopic (exact) mass is 329 g/mol. The van der Waals surface area contributed by atoms with Gasteiger partial charge in [-0.15, -0.1) is 0 Å². The maximum absolute atomic E-state index is 12.9. The maximum Gasteiger partial charge on any atom is 0.420 e. The number of nitrogens with one attached hydrogen (secondary N) is 1. The summed E-state index contributed by atoms with van der Waals surface area (Å²) in [4.78, 5) is 17.2. The number of anilines is 1. The first-order valence-electron chi connectivity index (χ1n) is 6.74. The van der Waals surface area contributed by atoms with Crippen LogP contribution in [0.3, 0.4) is 0 Å². The molecule has 3 rings (SSSR count). The third-order valence-corrected chi connectivity index (χ3v) is 3.98. The number of likely N-dealkylation sites (tertiary alicyclic amines) is 1. The third kappa shape index (κ3) is 2.38. The van der Waals surface area contributed by atoms with Crippen LogP contribution in [0, 0.1) is 6.92 Å². The smallest absolute Gasteiger partial charge is 0.365 e. The highest BCUT2D eigenvalue weighted by Gasteiger charge is 2.63. The van der Waals surface area contributed by atoms with E-state index in [-0.39, 0.29) is 0 Å². The molecule has 1 saturated heterocycles. The van der Waals surface area contributed by atoms with E-state index in [1.165, 1.54) is 10.8 Å². The number of rotatable bonds is 2. The van der Waals surface area contributed by atoms with Gasteiger partial charge in [0, 0.05) is 13.3 Å². The minimum Gasteiger partial charge on any atom is -0.365 e. The Labute approximate surface area is 129 Å². The highest BCUT2D eigenvalue weighted by Crippen LogP contribution is 2.40. The van der Waals surface area contributed by atoms with Crippen LogP contribution < -0.4 is 5.32 Å². The number of halogens is 3. The lowest BCUT2D eigenvalue weighted by molar-refractivity contribution is -0.303. The highest BCUT2D eigenvalue weighted by molar-refractivity contribution is 5.94. The number of amides is 2. The Bertz CT molecular complexity index is 752. The molecule has 1 aliphatic rings. The molecule has 0 unspecified atom stereocenters. The molecule has 10 heteroatoms. The van der Waals surface area contributed by atoms with Crippen molar-refractivity contribution in [3.05, 3.63) is 24.2 Å². The van der Waals surface area contributed by atoms with Gasteiger partial charge in [0.1, 0.15) is 6.33 Å². The molecule has 23 heavy (non-hydrogen) atoms. The van der Waals surface area contributed by atoms with Crippen molar-refractivity contribution in [1.29, 1.82) is 0 Å². The molecule has 124 valence electrons. The maximum atomic E-state index is 12.9. The summed E-state index contributed by atoms with van der Waals surface area (Å²) in [6.45, 7) is 0.664. The zero-order valence-corrected chi connectivity index (χ0v) is 12.4. The normalized spacial score (nSPS) is 17.2. The molecular formula is C13H14F3N5O2. The van der Waals surface area contributed by atoms with E-state index >= 15 is 0 Å². The molecule has 2 aromatic heterocycles. The summed E-state index contributed by atoms with van der Waals surface area (Å²) in [5, 5.41) is 6.54. The van der Waals surface area contributed by atoms with E-state index in [4.69, 9.17) is 0 Å². The summed E-state index contributed by atoms with van der Waals surface area (Å²) in [5.74, 6) is 0. The summed E-state index contributed by atoms with van der Waals surface area (Å²) in [6, 6.07) is 1.09. The van der Waals surface area contributed by atoms with Gasteiger partial charge in [0.15, 0.2) is 11.2 Å². The van der Waals surface area contributed by atoms with Gasteiger partial charge in [0.2, 0.25) is 0 Å². The second kappa shape index (κ2) is 5.08. The van der Waals surface area contributed by atoms with E-state index in [9.17, 15) is 18.0 Å². The number of carbonyl (C=O) groups excluding carboxylic acids is 1. The molecule has 0 saturated carbocycles. The lowest BCUT2D eigenvalue weighted by Crippen LogP contribution is -2.71. The minimum atomic E-state index is -4.53. The molecule has 2 amide bonds. The van der Waals surface area contributed by atoms with Crippen LogP contribution in [0.1, 0.15) is 5.56 Å². The molecule has 7 nitrogen and oxygen atoms in total. The second-order valence-electron chi connectivity index (χ2n) is 5.38. The fourth-order valence-corrected chi connectivity index (χ4v) is 2.46. The summed E-state index contributed by atoms with van der Waals surface area (Å²) >= 11 is 0. The number of carbonyl (C=O) groups is 1. The number of pyridine rings is 1. The molecule has 0 bridgehead atoms. The van der Waals surface area contributed by atoms with Crippen molar-refractivity contribution < 1.29 is 22.7 Å². The van der Waals surface area contributed by atoms with Crippen molar-refractivity contribution in [3.63, 3.8) is 0 Å². The number of nitrogens with zero attached hydrogens (tertiary/aromatic N) is 4. The van der Waals surface area contributed by atoms with Crippen LogP contribution in [0.4, 0.5) is 23.7 Å². The number of ether oxygens (including phenoxy) is 1. The van der Waals surface area contributed by atoms with Crippen LogP contribution >= 0.6 is 0 Å². The van der Waals surface area contributed by atoms with Crippen LogP contribution in [0.15, 0.2) is 18.6 Å². The van der Waals surface area contributed by atoms with Crippen LogP contribution in [0.5, 0.6) is 0 Å². The van der Waals surface area contributed by atoms with Crippen LogP contribution in [0.2, 0.25) is 0 Å². The largest absolute Gasteiger partial charge is 0.420 e. The first-order valence-corrected chi connectivity index (χ1v) is 6.74. The van der Waals surface area contributed by atoms with E-state index in [0.29, 0.717) is 11.3 Å². The quantitative estimate of drug-likeness (QED) is 0.912. The molecule has 3 heterocycles. The summed E-state index contributed by atoms with van der Waals surface area (Å²) < 4.78 is 44.9. The number of urea groups is 1. The predicted molar refractivity (Wildman–Crippen MR) is 74.1 cm³/mol. The van der Waals surface area contributed by atoms with E-state index in [2.05, 4.69) is 20.1 Å². The number of fused-ring (bicyclic) bond motifs is 1. The van der Waals surface area contributed by atoms with Gasteiger partial charge >= 0.3 is 12.2 Å². The van der Waals surface area contributed by atoms with E-state index in [0.717, 1.165) is 17.6 Å². The van der Waals surface area contributed by atoms with Gasteiger partial charge in [-0.05, 0) is 18.6 Å². The Morgan fingerprint density at radius 1 is 1.43 bits per heavy atom. The van der Waals surface area contributed by atoms with Gasteiger partial charge in [0.05, 0.1) is 18.8 Å². The second-order valence-corrected chi connectivity index (χ2v) is 5.38. The van der Waals surface area contributed by atoms with Gasteiger partial charge in [-0.3, -0.25) is 0 Å². The Morgan fingerprint density at radius 2 is 2.13 bits per heavy atom. The Balaban J connectivity index is 1.76. The molecule has 0 aliphatic carbocycles. The molecule has 1 fully saturated rings. The van der Waals surface area contributed by atoms with Crippen molar-refractivity contribution in [2.24, 2.45) is 0 Å². The van der Waals surface area contributed by atoms with Crippen molar-refractivity contribution in [2.75, 3.05) is 25.5 Å². The summed E-state index contributed by atoms with van der Waals surface area (Å²) in [7, 11) is 0.990. The number of hydrogen-bond acceptors (Lipinski definition) is 4. The van der Waals surface area contributed by atoms with Gasteiger partial charge in [0.25, 0.3) is 0 Å². The van der Waals surface area contributed by atoms with Gasteiger partial charge < -0.3 is 15.0 Å². The minimum absolute atomic E-state index is 0.414. The first-order chi connectivity index (χ1) is 10.8. The van der Waals surface area contributed by atoms with E-state index in [1.54, 1.807) is 19.2 Å². The summed E-state index contributed by atoms with van der Waals surface area (Å²) in [6.07, 6.45) is -1.52. The van der Waals surface area contributed by atoms with Crippen LogP contribution in [-0.2, 0) is 4.74 Å². The van der Waals surface area contributed by atoms with E-state index in [1.807, 2.05) is 0 Å². The Kier molecular flexibility index (Phi) is 3.43. The average molecular weight is 329 g/mol.